The lowest BCUT2D eigenvalue weighted by Crippen LogP contribution is -2.54. The van der Waals surface area contributed by atoms with Crippen LogP contribution in [0.3, 0.4) is 0 Å². The zero-order valence-corrected chi connectivity index (χ0v) is 12.8. The molecule has 0 atom stereocenters. The molecule has 2 heterocycles. The molecule has 0 unspecified atom stereocenters. The van der Waals surface area contributed by atoms with E-state index < -0.39 is 29.8 Å². The zero-order valence-electron chi connectivity index (χ0n) is 12.8. The molecule has 126 valence electrons. The molecule has 1 aromatic carbocycles. The Morgan fingerprint density at radius 2 is 1.67 bits per heavy atom. The molecule has 2 aliphatic rings. The molecule has 0 aliphatic carbocycles. The quantitative estimate of drug-likeness (QED) is 0.759. The van der Waals surface area contributed by atoms with Gasteiger partial charge in [-0.05, 0) is 5.56 Å². The number of imide groups is 1. The van der Waals surface area contributed by atoms with Crippen molar-refractivity contribution in [2.24, 2.45) is 5.92 Å². The van der Waals surface area contributed by atoms with Gasteiger partial charge in [-0.3, -0.25) is 9.59 Å². The lowest BCUT2D eigenvalue weighted by molar-refractivity contribution is -0.203. The summed E-state index contributed by atoms with van der Waals surface area (Å²) in [6.45, 7) is 0.438. The highest BCUT2D eigenvalue weighted by Crippen LogP contribution is 2.21. The van der Waals surface area contributed by atoms with E-state index in [0.29, 0.717) is 5.06 Å². The van der Waals surface area contributed by atoms with Crippen LogP contribution in [0.1, 0.15) is 18.4 Å². The second-order valence-electron chi connectivity index (χ2n) is 5.63. The minimum atomic E-state index is -0.689. The molecule has 0 bridgehead atoms. The number of hydrogen-bond acceptors (Lipinski definition) is 6. The van der Waals surface area contributed by atoms with Gasteiger partial charge in [-0.25, -0.2) is 9.59 Å². The van der Waals surface area contributed by atoms with Gasteiger partial charge in [0.25, 0.3) is 11.8 Å². The summed E-state index contributed by atoms with van der Waals surface area (Å²) in [7, 11) is 0. The molecule has 0 aromatic heterocycles. The number of carbonyl (C=O) groups is 4. The number of carbonyl (C=O) groups excluding carboxylic acids is 4. The van der Waals surface area contributed by atoms with Gasteiger partial charge in [0.15, 0.2) is 0 Å². The van der Waals surface area contributed by atoms with Gasteiger partial charge in [-0.1, -0.05) is 30.3 Å². The fraction of sp³-hybridized carbons (Fsp3) is 0.375. The van der Waals surface area contributed by atoms with Crippen molar-refractivity contribution in [3.63, 3.8) is 0 Å². The minimum Gasteiger partial charge on any atom is -0.445 e. The van der Waals surface area contributed by atoms with Crippen LogP contribution < -0.4 is 0 Å². The van der Waals surface area contributed by atoms with Crippen molar-refractivity contribution in [1.82, 2.24) is 9.96 Å². The lowest BCUT2D eigenvalue weighted by atomic mass is 10.0. The monoisotopic (exact) mass is 332 g/mol. The van der Waals surface area contributed by atoms with Crippen molar-refractivity contribution >= 4 is 23.9 Å². The number of amides is 3. The highest BCUT2D eigenvalue weighted by atomic mass is 16.7. The predicted molar refractivity (Wildman–Crippen MR) is 78.9 cm³/mol. The van der Waals surface area contributed by atoms with E-state index >= 15 is 0 Å². The van der Waals surface area contributed by atoms with Crippen molar-refractivity contribution in [2.75, 3.05) is 13.1 Å². The van der Waals surface area contributed by atoms with Crippen LogP contribution in [0.25, 0.3) is 0 Å². The zero-order chi connectivity index (χ0) is 17.1. The maximum atomic E-state index is 11.9. The normalized spacial score (nSPS) is 17.7. The maximum absolute atomic E-state index is 11.9. The first-order chi connectivity index (χ1) is 11.5. The Morgan fingerprint density at radius 1 is 1.04 bits per heavy atom. The first-order valence-electron chi connectivity index (χ1n) is 7.58. The Bertz CT molecular complexity index is 652. The molecular weight excluding hydrogens is 316 g/mol. The van der Waals surface area contributed by atoms with Crippen LogP contribution in [0.15, 0.2) is 30.3 Å². The Balaban J connectivity index is 1.41. The number of rotatable bonds is 4. The first kappa shape index (κ1) is 16.0. The molecule has 2 fully saturated rings. The van der Waals surface area contributed by atoms with Gasteiger partial charge in [0.1, 0.15) is 6.61 Å². The van der Waals surface area contributed by atoms with E-state index in [4.69, 9.17) is 9.57 Å². The van der Waals surface area contributed by atoms with E-state index in [1.165, 1.54) is 4.90 Å². The average molecular weight is 332 g/mol. The fourth-order valence-corrected chi connectivity index (χ4v) is 2.41. The Morgan fingerprint density at radius 3 is 2.29 bits per heavy atom. The molecule has 24 heavy (non-hydrogen) atoms. The number of likely N-dealkylation sites (tertiary alicyclic amines) is 1. The summed E-state index contributed by atoms with van der Waals surface area (Å²) in [6, 6.07) is 9.24. The molecule has 0 spiro atoms. The second kappa shape index (κ2) is 6.69. The number of hydrogen-bond donors (Lipinski definition) is 0. The number of hydroxylamine groups is 2. The molecular formula is C16H16N2O6. The summed E-state index contributed by atoms with van der Waals surface area (Å²) in [5, 5.41) is 0.513. The molecule has 0 N–H and O–H groups in total. The summed E-state index contributed by atoms with van der Waals surface area (Å²) < 4.78 is 5.14. The van der Waals surface area contributed by atoms with Crippen LogP contribution in [-0.2, 0) is 30.6 Å². The summed E-state index contributed by atoms with van der Waals surface area (Å²) in [6.07, 6.45) is -0.417. The van der Waals surface area contributed by atoms with Gasteiger partial charge >= 0.3 is 12.1 Å². The molecule has 1 aromatic rings. The van der Waals surface area contributed by atoms with Crippen molar-refractivity contribution in [3.8, 4) is 0 Å². The third-order valence-electron chi connectivity index (χ3n) is 3.87. The average Bonchev–Trinajstić information content (AvgIpc) is 2.84. The van der Waals surface area contributed by atoms with Crippen LogP contribution >= 0.6 is 0 Å². The number of benzene rings is 1. The number of ether oxygens (including phenoxy) is 1. The second-order valence-corrected chi connectivity index (χ2v) is 5.63. The van der Waals surface area contributed by atoms with Crippen LogP contribution in [0, 0.1) is 5.92 Å². The van der Waals surface area contributed by atoms with E-state index in [9.17, 15) is 19.2 Å². The Hall–Kier alpha value is -2.90. The molecule has 2 aliphatic heterocycles. The van der Waals surface area contributed by atoms with Gasteiger partial charge < -0.3 is 14.5 Å². The van der Waals surface area contributed by atoms with Gasteiger partial charge in [-0.2, -0.15) is 0 Å². The molecule has 0 saturated carbocycles. The lowest BCUT2D eigenvalue weighted by Gasteiger charge is -2.36. The third-order valence-corrected chi connectivity index (χ3v) is 3.87. The van der Waals surface area contributed by atoms with Crippen LogP contribution in [0.2, 0.25) is 0 Å². The van der Waals surface area contributed by atoms with E-state index in [1.807, 2.05) is 30.3 Å². The molecule has 8 nitrogen and oxygen atoms in total. The van der Waals surface area contributed by atoms with Crippen LogP contribution in [-0.4, -0.2) is 46.9 Å². The first-order valence-corrected chi connectivity index (χ1v) is 7.58. The molecule has 3 rings (SSSR count). The van der Waals surface area contributed by atoms with E-state index in [1.54, 1.807) is 0 Å². The highest BCUT2D eigenvalue weighted by molar-refractivity contribution is 6.01. The van der Waals surface area contributed by atoms with Gasteiger partial charge in [0.05, 0.1) is 5.92 Å². The largest absolute Gasteiger partial charge is 0.445 e. The third kappa shape index (κ3) is 3.37. The molecule has 8 heteroatoms. The maximum Gasteiger partial charge on any atom is 0.410 e. The summed E-state index contributed by atoms with van der Waals surface area (Å²) in [5.74, 6) is -2.29. The fourth-order valence-electron chi connectivity index (χ4n) is 2.41. The van der Waals surface area contributed by atoms with Crippen molar-refractivity contribution in [1.29, 1.82) is 0 Å². The van der Waals surface area contributed by atoms with Gasteiger partial charge in [0, 0.05) is 25.9 Å². The topological polar surface area (TPSA) is 93.2 Å². The van der Waals surface area contributed by atoms with Crippen LogP contribution in [0.4, 0.5) is 4.79 Å². The standard InChI is InChI=1S/C16H16N2O6/c19-13-6-7-14(20)18(13)24-15(21)12-8-17(9-12)16(22)23-10-11-4-2-1-3-5-11/h1-5,12H,6-10H2. The summed E-state index contributed by atoms with van der Waals surface area (Å²) >= 11 is 0. The smallest absolute Gasteiger partial charge is 0.410 e. The molecule has 3 amide bonds. The van der Waals surface area contributed by atoms with Gasteiger partial charge in [0.2, 0.25) is 0 Å². The van der Waals surface area contributed by atoms with Crippen molar-refractivity contribution in [3.05, 3.63) is 35.9 Å². The number of nitrogens with zero attached hydrogens (tertiary/aromatic N) is 2. The Labute approximate surface area is 137 Å². The summed E-state index contributed by atoms with van der Waals surface area (Å²) in [5.41, 5.74) is 0.869. The summed E-state index contributed by atoms with van der Waals surface area (Å²) in [4.78, 5) is 52.7. The van der Waals surface area contributed by atoms with E-state index in [0.717, 1.165) is 5.56 Å². The highest BCUT2D eigenvalue weighted by Gasteiger charge is 2.41. The van der Waals surface area contributed by atoms with Gasteiger partial charge in [-0.15, -0.1) is 5.06 Å². The SMILES string of the molecule is O=C(ON1C(=O)CCC1=O)C1CN(C(=O)OCc2ccccc2)C1. The van der Waals surface area contributed by atoms with Crippen molar-refractivity contribution < 1.29 is 28.8 Å². The van der Waals surface area contributed by atoms with Crippen molar-refractivity contribution in [2.45, 2.75) is 19.4 Å². The van der Waals surface area contributed by atoms with E-state index in [-0.39, 0.29) is 32.5 Å². The Kier molecular flexibility index (Phi) is 4.45. The van der Waals surface area contributed by atoms with Crippen LogP contribution in [0.5, 0.6) is 0 Å². The molecule has 2 saturated heterocycles. The predicted octanol–water partition coefficient (Wildman–Crippen LogP) is 0.862. The minimum absolute atomic E-state index is 0.0503. The molecule has 0 radical (unpaired) electrons. The van der Waals surface area contributed by atoms with E-state index in [2.05, 4.69) is 0 Å².